The van der Waals surface area contributed by atoms with Crippen LogP contribution in [0.15, 0.2) is 52.4 Å². The second-order valence-corrected chi connectivity index (χ2v) is 10.8. The molecule has 0 aliphatic heterocycles. The molecule has 0 saturated carbocycles. The number of carbonyl (C=O) groups is 2. The number of hydrogen-bond acceptors (Lipinski definition) is 7. The number of thiazole rings is 1. The SMILES string of the molecule is Cc1nc(-c2ccc(C(=O)Nc3ccc(CC(=O)Nc4cc(C(C)(C)C)on4)cc3)s2)cs1. The van der Waals surface area contributed by atoms with Gasteiger partial charge < -0.3 is 15.2 Å². The molecule has 1 aromatic carbocycles. The number of benzene rings is 1. The fraction of sp³-hybridized carbons (Fsp3) is 0.250. The second-order valence-electron chi connectivity index (χ2n) is 8.62. The minimum Gasteiger partial charge on any atom is -0.359 e. The van der Waals surface area contributed by atoms with Gasteiger partial charge in [-0.05, 0) is 36.8 Å². The van der Waals surface area contributed by atoms with E-state index in [9.17, 15) is 9.59 Å². The molecule has 7 nitrogen and oxygen atoms in total. The molecule has 4 rings (SSSR count). The van der Waals surface area contributed by atoms with E-state index in [-0.39, 0.29) is 23.7 Å². The number of hydrogen-bond donors (Lipinski definition) is 2. The first-order valence-corrected chi connectivity index (χ1v) is 12.1. The third-order valence-electron chi connectivity index (χ3n) is 4.79. The third-order valence-corrected chi connectivity index (χ3v) is 6.67. The van der Waals surface area contributed by atoms with Gasteiger partial charge in [0.15, 0.2) is 5.82 Å². The molecule has 0 atom stereocenters. The van der Waals surface area contributed by atoms with Crippen molar-refractivity contribution < 1.29 is 14.1 Å². The highest BCUT2D eigenvalue weighted by atomic mass is 32.1. The van der Waals surface area contributed by atoms with E-state index in [0.717, 1.165) is 21.1 Å². The van der Waals surface area contributed by atoms with Crippen LogP contribution in [-0.2, 0) is 16.6 Å². The Morgan fingerprint density at radius 3 is 2.45 bits per heavy atom. The summed E-state index contributed by atoms with van der Waals surface area (Å²) in [6.45, 7) is 8.00. The zero-order valence-corrected chi connectivity index (χ0v) is 20.4. The number of nitrogens with zero attached hydrogens (tertiary/aromatic N) is 2. The lowest BCUT2D eigenvalue weighted by molar-refractivity contribution is -0.115. The standard InChI is InChI=1S/C24H24N4O3S2/c1-14-25-17(13-32-14)18-9-10-19(33-18)23(30)26-16-7-5-15(6-8-16)11-22(29)27-21-12-20(31-28-21)24(2,3)4/h5-10,12-13H,11H2,1-4H3,(H,26,30)(H,27,28,29). The summed E-state index contributed by atoms with van der Waals surface area (Å²) in [5.41, 5.74) is 2.20. The van der Waals surface area contributed by atoms with Crippen molar-refractivity contribution in [3.8, 4) is 10.6 Å². The van der Waals surface area contributed by atoms with Crippen LogP contribution in [0.5, 0.6) is 0 Å². The number of carbonyl (C=O) groups excluding carboxylic acids is 2. The van der Waals surface area contributed by atoms with E-state index in [4.69, 9.17) is 4.52 Å². The van der Waals surface area contributed by atoms with Crippen LogP contribution in [0.3, 0.4) is 0 Å². The Morgan fingerprint density at radius 1 is 1.06 bits per heavy atom. The van der Waals surface area contributed by atoms with Crippen LogP contribution >= 0.6 is 22.7 Å². The maximum Gasteiger partial charge on any atom is 0.265 e. The van der Waals surface area contributed by atoms with Crippen molar-refractivity contribution in [1.29, 1.82) is 0 Å². The van der Waals surface area contributed by atoms with E-state index in [1.165, 1.54) is 11.3 Å². The number of amides is 2. The molecule has 0 radical (unpaired) electrons. The minimum atomic E-state index is -0.191. The molecule has 3 aromatic heterocycles. The van der Waals surface area contributed by atoms with Crippen molar-refractivity contribution in [2.45, 2.75) is 39.5 Å². The van der Waals surface area contributed by atoms with Crippen LogP contribution in [0.2, 0.25) is 0 Å². The average Bonchev–Trinajstić information content (AvgIpc) is 3.49. The molecule has 2 N–H and O–H groups in total. The predicted molar refractivity (Wildman–Crippen MR) is 132 cm³/mol. The van der Waals surface area contributed by atoms with Crippen LogP contribution < -0.4 is 10.6 Å². The zero-order chi connectivity index (χ0) is 23.6. The normalized spacial score (nSPS) is 11.4. The summed E-state index contributed by atoms with van der Waals surface area (Å²) >= 11 is 2.99. The summed E-state index contributed by atoms with van der Waals surface area (Å²) in [5, 5.41) is 12.5. The zero-order valence-electron chi connectivity index (χ0n) is 18.8. The minimum absolute atomic E-state index is 0.177. The van der Waals surface area contributed by atoms with E-state index in [1.807, 2.05) is 51.3 Å². The van der Waals surface area contributed by atoms with Crippen LogP contribution in [0.4, 0.5) is 11.5 Å². The van der Waals surface area contributed by atoms with Gasteiger partial charge in [-0.25, -0.2) is 4.98 Å². The van der Waals surface area contributed by atoms with E-state index in [1.54, 1.807) is 35.6 Å². The van der Waals surface area contributed by atoms with Crippen LogP contribution in [0.1, 0.15) is 46.8 Å². The average molecular weight is 481 g/mol. The summed E-state index contributed by atoms with van der Waals surface area (Å²) in [7, 11) is 0. The highest BCUT2D eigenvalue weighted by Gasteiger charge is 2.20. The number of thiophene rings is 1. The molecule has 3 heterocycles. The Kier molecular flexibility index (Phi) is 6.44. The smallest absolute Gasteiger partial charge is 0.265 e. The van der Waals surface area contributed by atoms with Crippen molar-refractivity contribution in [3.05, 3.63) is 69.1 Å². The molecule has 0 unspecified atom stereocenters. The number of anilines is 2. The van der Waals surface area contributed by atoms with Gasteiger partial charge in [-0.2, -0.15) is 0 Å². The number of rotatable bonds is 6. The molecule has 170 valence electrons. The Morgan fingerprint density at radius 2 is 1.82 bits per heavy atom. The summed E-state index contributed by atoms with van der Waals surface area (Å²) in [6, 6.07) is 12.7. The van der Waals surface area contributed by atoms with Crippen molar-refractivity contribution in [2.24, 2.45) is 0 Å². The lowest BCUT2D eigenvalue weighted by Crippen LogP contribution is -2.15. The van der Waals surface area contributed by atoms with Crippen molar-refractivity contribution in [1.82, 2.24) is 10.1 Å². The fourth-order valence-corrected chi connectivity index (χ4v) is 4.58. The highest BCUT2D eigenvalue weighted by molar-refractivity contribution is 7.18. The Bertz CT molecular complexity index is 1280. The van der Waals surface area contributed by atoms with Gasteiger partial charge >= 0.3 is 0 Å². The molecule has 2 amide bonds. The number of aromatic nitrogens is 2. The van der Waals surface area contributed by atoms with Crippen LogP contribution in [0.25, 0.3) is 10.6 Å². The molecule has 33 heavy (non-hydrogen) atoms. The molecule has 4 aromatic rings. The molecule has 0 saturated heterocycles. The highest BCUT2D eigenvalue weighted by Crippen LogP contribution is 2.29. The van der Waals surface area contributed by atoms with E-state index in [0.29, 0.717) is 22.1 Å². The van der Waals surface area contributed by atoms with E-state index < -0.39 is 0 Å². The van der Waals surface area contributed by atoms with E-state index in [2.05, 4.69) is 20.8 Å². The second kappa shape index (κ2) is 9.29. The summed E-state index contributed by atoms with van der Waals surface area (Å²) < 4.78 is 5.29. The first kappa shape index (κ1) is 22.9. The van der Waals surface area contributed by atoms with Gasteiger partial charge in [0.25, 0.3) is 5.91 Å². The van der Waals surface area contributed by atoms with Gasteiger partial charge in [-0.3, -0.25) is 9.59 Å². The topological polar surface area (TPSA) is 97.1 Å². The third kappa shape index (κ3) is 5.74. The molecule has 0 spiro atoms. The molecule has 0 bridgehead atoms. The molecule has 0 fully saturated rings. The molecular formula is C24H24N4O3S2. The largest absolute Gasteiger partial charge is 0.359 e. The maximum atomic E-state index is 12.6. The van der Waals surface area contributed by atoms with Crippen LogP contribution in [0, 0.1) is 6.92 Å². The molecular weight excluding hydrogens is 456 g/mol. The first-order chi connectivity index (χ1) is 15.7. The van der Waals surface area contributed by atoms with Gasteiger partial charge in [0, 0.05) is 22.5 Å². The Balaban J connectivity index is 1.32. The fourth-order valence-electron chi connectivity index (χ4n) is 3.03. The summed E-state index contributed by atoms with van der Waals surface area (Å²) in [5.74, 6) is 0.739. The maximum absolute atomic E-state index is 12.6. The number of aryl methyl sites for hydroxylation is 1. The van der Waals surface area contributed by atoms with Crippen LogP contribution in [-0.4, -0.2) is 22.0 Å². The lowest BCUT2D eigenvalue weighted by atomic mass is 9.93. The van der Waals surface area contributed by atoms with Crippen molar-refractivity contribution in [2.75, 3.05) is 10.6 Å². The Hall–Kier alpha value is -3.30. The van der Waals surface area contributed by atoms with Gasteiger partial charge in [0.2, 0.25) is 5.91 Å². The molecule has 0 aliphatic rings. The summed E-state index contributed by atoms with van der Waals surface area (Å²) in [4.78, 5) is 31.0. The van der Waals surface area contributed by atoms with Gasteiger partial charge in [-0.15, -0.1) is 22.7 Å². The van der Waals surface area contributed by atoms with Gasteiger partial charge in [-0.1, -0.05) is 38.1 Å². The predicted octanol–water partition coefficient (Wildman–Crippen LogP) is 5.90. The number of nitrogens with one attached hydrogen (secondary N) is 2. The lowest BCUT2D eigenvalue weighted by Gasteiger charge is -2.12. The Labute approximate surface area is 199 Å². The van der Waals surface area contributed by atoms with Crippen molar-refractivity contribution >= 4 is 46.0 Å². The molecule has 0 aliphatic carbocycles. The van der Waals surface area contributed by atoms with Crippen molar-refractivity contribution in [3.63, 3.8) is 0 Å². The van der Waals surface area contributed by atoms with Gasteiger partial charge in [0.1, 0.15) is 5.76 Å². The van der Waals surface area contributed by atoms with Gasteiger partial charge in [0.05, 0.1) is 26.9 Å². The quantitative estimate of drug-likeness (QED) is 0.358. The monoisotopic (exact) mass is 480 g/mol. The first-order valence-electron chi connectivity index (χ1n) is 10.4. The summed E-state index contributed by atoms with van der Waals surface area (Å²) in [6.07, 6.45) is 0.188. The van der Waals surface area contributed by atoms with E-state index >= 15 is 0 Å². The molecule has 9 heteroatoms.